The maximum absolute atomic E-state index is 11.5. The molecular formula is C16H26N4O. The van der Waals surface area contributed by atoms with E-state index < -0.39 is 0 Å². The van der Waals surface area contributed by atoms with Crippen molar-refractivity contribution in [1.29, 1.82) is 0 Å². The third kappa shape index (κ3) is 3.94. The first-order valence-corrected chi connectivity index (χ1v) is 7.69. The van der Waals surface area contributed by atoms with Gasteiger partial charge in [0.05, 0.1) is 11.7 Å². The molecule has 0 aromatic carbocycles. The molecule has 1 aromatic rings. The number of nitrogens with one attached hydrogen (secondary N) is 1. The molecule has 1 amide bonds. The van der Waals surface area contributed by atoms with Gasteiger partial charge in [0.1, 0.15) is 5.82 Å². The van der Waals surface area contributed by atoms with Crippen LogP contribution in [0.3, 0.4) is 0 Å². The molecule has 2 atom stereocenters. The summed E-state index contributed by atoms with van der Waals surface area (Å²) in [4.78, 5) is 20.8. The molecule has 0 aliphatic carbocycles. The van der Waals surface area contributed by atoms with E-state index in [0.29, 0.717) is 12.5 Å². The first-order chi connectivity index (χ1) is 10.0. The Morgan fingerprint density at radius 1 is 1.52 bits per heavy atom. The van der Waals surface area contributed by atoms with Crippen molar-refractivity contribution in [3.05, 3.63) is 23.9 Å². The Balaban J connectivity index is 2.06. The van der Waals surface area contributed by atoms with Gasteiger partial charge in [-0.3, -0.25) is 4.79 Å². The van der Waals surface area contributed by atoms with Gasteiger partial charge in [-0.15, -0.1) is 0 Å². The van der Waals surface area contributed by atoms with E-state index in [2.05, 4.69) is 35.3 Å². The van der Waals surface area contributed by atoms with Crippen LogP contribution in [-0.4, -0.2) is 49.0 Å². The fourth-order valence-electron chi connectivity index (χ4n) is 2.65. The highest BCUT2D eigenvalue weighted by atomic mass is 16.1. The smallest absolute Gasteiger partial charge is 0.220 e. The van der Waals surface area contributed by atoms with E-state index in [9.17, 15) is 4.79 Å². The highest BCUT2D eigenvalue weighted by molar-refractivity contribution is 5.75. The summed E-state index contributed by atoms with van der Waals surface area (Å²) in [6.45, 7) is 5.89. The summed E-state index contributed by atoms with van der Waals surface area (Å²) in [5, 5.41) is 2.96. The third-order valence-electron chi connectivity index (χ3n) is 4.12. The van der Waals surface area contributed by atoms with Crippen molar-refractivity contribution < 1.29 is 4.79 Å². The zero-order chi connectivity index (χ0) is 15.4. The van der Waals surface area contributed by atoms with Gasteiger partial charge in [-0.25, -0.2) is 4.98 Å². The summed E-state index contributed by atoms with van der Waals surface area (Å²) in [6, 6.07) is 6.59. The molecule has 1 saturated heterocycles. The molecular weight excluding hydrogens is 264 g/mol. The predicted molar refractivity (Wildman–Crippen MR) is 85.4 cm³/mol. The molecule has 2 rings (SSSR count). The monoisotopic (exact) mass is 290 g/mol. The standard InChI is InChI=1S/C16H26N4O/c1-5-16(21)17-12(2)14-7-6-8-15(18-14)20-10-9-13(11-20)19(3)4/h6-8,12-13H,5,9-11H2,1-4H3,(H,17,21)/t12-,13+/m1/s1. The Hall–Kier alpha value is -1.62. The molecule has 5 heteroatoms. The molecule has 1 aromatic heterocycles. The number of aromatic nitrogens is 1. The number of hydrogen-bond acceptors (Lipinski definition) is 4. The van der Waals surface area contributed by atoms with Crippen LogP contribution < -0.4 is 10.2 Å². The lowest BCUT2D eigenvalue weighted by atomic mass is 10.2. The largest absolute Gasteiger partial charge is 0.355 e. The molecule has 1 N–H and O–H groups in total. The molecule has 21 heavy (non-hydrogen) atoms. The van der Waals surface area contributed by atoms with E-state index in [4.69, 9.17) is 4.98 Å². The summed E-state index contributed by atoms with van der Waals surface area (Å²) in [7, 11) is 4.25. The van der Waals surface area contributed by atoms with Gasteiger partial charge in [-0.05, 0) is 39.6 Å². The number of nitrogens with zero attached hydrogens (tertiary/aromatic N) is 3. The van der Waals surface area contributed by atoms with Crippen molar-refractivity contribution in [3.8, 4) is 0 Å². The second-order valence-electron chi connectivity index (χ2n) is 5.92. The Bertz CT molecular complexity index is 489. The van der Waals surface area contributed by atoms with Crippen LogP contribution in [0.1, 0.15) is 38.4 Å². The van der Waals surface area contributed by atoms with Crippen molar-refractivity contribution in [2.24, 2.45) is 0 Å². The van der Waals surface area contributed by atoms with Gasteiger partial charge in [0.15, 0.2) is 0 Å². The third-order valence-corrected chi connectivity index (χ3v) is 4.12. The quantitative estimate of drug-likeness (QED) is 0.898. The molecule has 0 unspecified atom stereocenters. The van der Waals surface area contributed by atoms with Crippen LogP contribution in [0.5, 0.6) is 0 Å². The van der Waals surface area contributed by atoms with Crippen LogP contribution in [0.15, 0.2) is 18.2 Å². The summed E-state index contributed by atoms with van der Waals surface area (Å²) < 4.78 is 0. The molecule has 0 radical (unpaired) electrons. The molecule has 2 heterocycles. The van der Waals surface area contributed by atoms with E-state index in [1.54, 1.807) is 0 Å². The number of amides is 1. The Morgan fingerprint density at radius 2 is 2.29 bits per heavy atom. The van der Waals surface area contributed by atoms with E-state index in [1.807, 2.05) is 26.0 Å². The van der Waals surface area contributed by atoms with Gasteiger partial charge in [0.25, 0.3) is 0 Å². The number of likely N-dealkylation sites (N-methyl/N-ethyl adjacent to an activating group) is 1. The zero-order valence-corrected chi connectivity index (χ0v) is 13.5. The average Bonchev–Trinajstić information content (AvgIpc) is 2.97. The van der Waals surface area contributed by atoms with Crippen molar-refractivity contribution in [2.75, 3.05) is 32.1 Å². The highest BCUT2D eigenvalue weighted by Gasteiger charge is 2.25. The van der Waals surface area contributed by atoms with Crippen molar-refractivity contribution in [3.63, 3.8) is 0 Å². The number of hydrogen-bond donors (Lipinski definition) is 1. The zero-order valence-electron chi connectivity index (χ0n) is 13.5. The maximum Gasteiger partial charge on any atom is 0.220 e. The summed E-state index contributed by atoms with van der Waals surface area (Å²) >= 11 is 0. The van der Waals surface area contributed by atoms with E-state index in [-0.39, 0.29) is 11.9 Å². The van der Waals surface area contributed by atoms with Gasteiger partial charge in [0, 0.05) is 25.6 Å². The molecule has 1 fully saturated rings. The fourth-order valence-corrected chi connectivity index (χ4v) is 2.65. The van der Waals surface area contributed by atoms with Crippen LogP contribution in [0.25, 0.3) is 0 Å². The molecule has 116 valence electrons. The van der Waals surface area contributed by atoms with Gasteiger partial charge < -0.3 is 15.1 Å². The minimum atomic E-state index is -0.0513. The van der Waals surface area contributed by atoms with E-state index >= 15 is 0 Å². The molecule has 0 bridgehead atoms. The second kappa shape index (κ2) is 6.89. The molecule has 0 spiro atoms. The van der Waals surface area contributed by atoms with Gasteiger partial charge in [0.2, 0.25) is 5.91 Å². The van der Waals surface area contributed by atoms with Gasteiger partial charge in [-0.1, -0.05) is 13.0 Å². The summed E-state index contributed by atoms with van der Waals surface area (Å²) in [5.41, 5.74) is 0.919. The van der Waals surface area contributed by atoms with Crippen LogP contribution in [0.4, 0.5) is 5.82 Å². The minimum Gasteiger partial charge on any atom is -0.355 e. The normalized spacial score (nSPS) is 19.9. The number of anilines is 1. The highest BCUT2D eigenvalue weighted by Crippen LogP contribution is 2.22. The average molecular weight is 290 g/mol. The lowest BCUT2D eigenvalue weighted by Gasteiger charge is -2.22. The topological polar surface area (TPSA) is 48.5 Å². The molecule has 1 aliphatic heterocycles. The lowest BCUT2D eigenvalue weighted by Crippen LogP contribution is -2.32. The number of rotatable bonds is 5. The Morgan fingerprint density at radius 3 is 2.90 bits per heavy atom. The predicted octanol–water partition coefficient (Wildman–Crippen LogP) is 1.81. The van der Waals surface area contributed by atoms with Crippen molar-refractivity contribution >= 4 is 11.7 Å². The number of carbonyl (C=O) groups is 1. The minimum absolute atomic E-state index is 0.0513. The van der Waals surface area contributed by atoms with E-state index in [1.165, 1.54) is 6.42 Å². The van der Waals surface area contributed by atoms with E-state index in [0.717, 1.165) is 24.6 Å². The van der Waals surface area contributed by atoms with Crippen LogP contribution >= 0.6 is 0 Å². The first kappa shape index (κ1) is 15.8. The summed E-state index contributed by atoms with van der Waals surface area (Å²) in [5.74, 6) is 1.07. The fraction of sp³-hybridized carbons (Fsp3) is 0.625. The number of carbonyl (C=O) groups excluding carboxylic acids is 1. The van der Waals surface area contributed by atoms with Crippen LogP contribution in [-0.2, 0) is 4.79 Å². The van der Waals surface area contributed by atoms with Crippen molar-refractivity contribution in [2.45, 2.75) is 38.8 Å². The van der Waals surface area contributed by atoms with Gasteiger partial charge in [-0.2, -0.15) is 0 Å². The maximum atomic E-state index is 11.5. The molecule has 1 aliphatic rings. The molecule has 0 saturated carbocycles. The van der Waals surface area contributed by atoms with Crippen molar-refractivity contribution in [1.82, 2.24) is 15.2 Å². The molecule has 5 nitrogen and oxygen atoms in total. The van der Waals surface area contributed by atoms with Crippen LogP contribution in [0, 0.1) is 0 Å². The Labute approximate surface area is 127 Å². The number of pyridine rings is 1. The Kier molecular flexibility index (Phi) is 5.17. The second-order valence-corrected chi connectivity index (χ2v) is 5.92. The van der Waals surface area contributed by atoms with Gasteiger partial charge >= 0.3 is 0 Å². The van der Waals surface area contributed by atoms with Crippen LogP contribution in [0.2, 0.25) is 0 Å². The summed E-state index contributed by atoms with van der Waals surface area (Å²) in [6.07, 6.45) is 1.67. The first-order valence-electron chi connectivity index (χ1n) is 7.69. The SMILES string of the molecule is CCC(=O)N[C@H](C)c1cccc(N2CC[C@H](N(C)C)C2)n1. The lowest BCUT2D eigenvalue weighted by molar-refractivity contribution is -0.121.